The van der Waals surface area contributed by atoms with Gasteiger partial charge in [0.2, 0.25) is 0 Å². The monoisotopic (exact) mass is 272 g/mol. The molecule has 0 atom stereocenters. The fraction of sp³-hybridized carbons (Fsp3) is 0.500. The summed E-state index contributed by atoms with van der Waals surface area (Å²) in [5.41, 5.74) is 6.55. The summed E-state index contributed by atoms with van der Waals surface area (Å²) in [5.74, 6) is -0.0143. The van der Waals surface area contributed by atoms with Crippen LogP contribution >= 0.6 is 0 Å². The summed E-state index contributed by atoms with van der Waals surface area (Å²) < 4.78 is 36.3. The summed E-state index contributed by atoms with van der Waals surface area (Å²) in [7, 11) is -2.91. The van der Waals surface area contributed by atoms with E-state index in [1.165, 1.54) is 6.07 Å². The van der Waals surface area contributed by atoms with E-state index in [2.05, 4.69) is 0 Å². The van der Waals surface area contributed by atoms with Crippen LogP contribution in [0.15, 0.2) is 18.2 Å². The first-order valence-corrected chi connectivity index (χ1v) is 7.76. The van der Waals surface area contributed by atoms with Crippen LogP contribution in [0.3, 0.4) is 0 Å². The standard InChI is InChI=1S/C12H17FN2O2S/c13-11-4-1-3-10(12(11)14)9-15-5-2-7-18(16,17)8-6-15/h1,3-4H,2,5-9,14H2. The van der Waals surface area contributed by atoms with Crippen molar-refractivity contribution in [2.75, 3.05) is 30.3 Å². The Hall–Kier alpha value is -1.14. The second kappa shape index (κ2) is 5.24. The van der Waals surface area contributed by atoms with E-state index in [0.29, 0.717) is 31.6 Å². The molecular formula is C12H17FN2O2S. The van der Waals surface area contributed by atoms with Crippen molar-refractivity contribution in [1.29, 1.82) is 0 Å². The largest absolute Gasteiger partial charge is 0.396 e. The molecule has 1 aliphatic heterocycles. The van der Waals surface area contributed by atoms with Gasteiger partial charge in [-0.05, 0) is 24.6 Å². The zero-order valence-corrected chi connectivity index (χ0v) is 10.9. The predicted molar refractivity (Wildman–Crippen MR) is 69.4 cm³/mol. The number of nitrogen functional groups attached to an aromatic ring is 1. The zero-order valence-electron chi connectivity index (χ0n) is 10.1. The van der Waals surface area contributed by atoms with Gasteiger partial charge in [0.15, 0.2) is 9.84 Å². The van der Waals surface area contributed by atoms with E-state index in [1.807, 2.05) is 4.90 Å². The Balaban J connectivity index is 2.08. The van der Waals surface area contributed by atoms with Gasteiger partial charge in [-0.15, -0.1) is 0 Å². The molecule has 0 aromatic heterocycles. The number of hydrogen-bond acceptors (Lipinski definition) is 4. The molecule has 6 heteroatoms. The topological polar surface area (TPSA) is 63.4 Å². The number of sulfone groups is 1. The van der Waals surface area contributed by atoms with Crippen molar-refractivity contribution in [2.24, 2.45) is 0 Å². The van der Waals surface area contributed by atoms with Crippen LogP contribution in [0.5, 0.6) is 0 Å². The number of benzene rings is 1. The lowest BCUT2D eigenvalue weighted by Crippen LogP contribution is -2.27. The van der Waals surface area contributed by atoms with Crippen LogP contribution in [0.25, 0.3) is 0 Å². The van der Waals surface area contributed by atoms with Gasteiger partial charge < -0.3 is 5.73 Å². The lowest BCUT2D eigenvalue weighted by atomic mass is 10.1. The number of nitrogens with two attached hydrogens (primary N) is 1. The first-order chi connectivity index (χ1) is 8.48. The van der Waals surface area contributed by atoms with E-state index in [9.17, 15) is 12.8 Å². The van der Waals surface area contributed by atoms with E-state index < -0.39 is 15.7 Å². The van der Waals surface area contributed by atoms with E-state index >= 15 is 0 Å². The Morgan fingerprint density at radius 1 is 1.28 bits per heavy atom. The van der Waals surface area contributed by atoms with Gasteiger partial charge in [0.1, 0.15) is 5.82 Å². The third-order valence-corrected chi connectivity index (χ3v) is 4.90. The molecular weight excluding hydrogens is 255 g/mol. The molecule has 0 spiro atoms. The molecule has 1 saturated heterocycles. The SMILES string of the molecule is Nc1c(F)cccc1CN1CCCS(=O)(=O)CC1. The molecule has 18 heavy (non-hydrogen) atoms. The molecule has 0 aliphatic carbocycles. The third kappa shape index (κ3) is 3.20. The minimum Gasteiger partial charge on any atom is -0.396 e. The minimum atomic E-state index is -2.91. The van der Waals surface area contributed by atoms with Gasteiger partial charge in [0.05, 0.1) is 17.2 Å². The van der Waals surface area contributed by atoms with Gasteiger partial charge in [0.25, 0.3) is 0 Å². The predicted octanol–water partition coefficient (Wildman–Crippen LogP) is 1.03. The normalized spacial score (nSPS) is 20.5. The molecule has 0 unspecified atom stereocenters. The molecule has 0 saturated carbocycles. The van der Waals surface area contributed by atoms with Crippen molar-refractivity contribution in [3.63, 3.8) is 0 Å². The smallest absolute Gasteiger partial charge is 0.151 e. The molecule has 1 heterocycles. The van der Waals surface area contributed by atoms with Crippen LogP contribution in [-0.2, 0) is 16.4 Å². The van der Waals surface area contributed by atoms with Gasteiger partial charge in [0, 0.05) is 13.1 Å². The molecule has 2 rings (SSSR count). The summed E-state index contributed by atoms with van der Waals surface area (Å²) in [6.07, 6.45) is 0.623. The van der Waals surface area contributed by atoms with E-state index in [1.54, 1.807) is 12.1 Å². The van der Waals surface area contributed by atoms with Crippen molar-refractivity contribution in [3.05, 3.63) is 29.6 Å². The van der Waals surface area contributed by atoms with Crippen LogP contribution < -0.4 is 5.73 Å². The summed E-state index contributed by atoms with van der Waals surface area (Å²) in [4.78, 5) is 2.01. The average molecular weight is 272 g/mol. The van der Waals surface area contributed by atoms with Gasteiger partial charge >= 0.3 is 0 Å². The Morgan fingerprint density at radius 3 is 2.83 bits per heavy atom. The van der Waals surface area contributed by atoms with Crippen molar-refractivity contribution >= 4 is 15.5 Å². The Kier molecular flexibility index (Phi) is 3.87. The fourth-order valence-electron chi connectivity index (χ4n) is 2.11. The molecule has 0 bridgehead atoms. The summed E-state index contributed by atoms with van der Waals surface area (Å²) in [6, 6.07) is 4.72. The van der Waals surface area contributed by atoms with E-state index in [-0.39, 0.29) is 17.2 Å². The molecule has 0 amide bonds. The van der Waals surface area contributed by atoms with Crippen molar-refractivity contribution in [1.82, 2.24) is 4.90 Å². The van der Waals surface area contributed by atoms with Crippen LogP contribution in [0.4, 0.5) is 10.1 Å². The van der Waals surface area contributed by atoms with Gasteiger partial charge in [-0.25, -0.2) is 12.8 Å². The summed E-state index contributed by atoms with van der Waals surface area (Å²) >= 11 is 0. The minimum absolute atomic E-state index is 0.157. The van der Waals surface area contributed by atoms with Crippen LogP contribution in [0, 0.1) is 5.82 Å². The molecule has 100 valence electrons. The Morgan fingerprint density at radius 2 is 2.06 bits per heavy atom. The highest BCUT2D eigenvalue weighted by Gasteiger charge is 2.19. The first kappa shape index (κ1) is 13.3. The zero-order chi connectivity index (χ0) is 13.2. The third-order valence-electron chi connectivity index (χ3n) is 3.19. The second-order valence-electron chi connectivity index (χ2n) is 4.59. The maximum atomic E-state index is 13.3. The van der Waals surface area contributed by atoms with Crippen LogP contribution in [0.2, 0.25) is 0 Å². The summed E-state index contributed by atoms with van der Waals surface area (Å²) in [5, 5.41) is 0. The lowest BCUT2D eigenvalue weighted by molar-refractivity contribution is 0.287. The Labute approximate surface area is 107 Å². The fourth-order valence-corrected chi connectivity index (χ4v) is 3.42. The van der Waals surface area contributed by atoms with Gasteiger partial charge in [-0.3, -0.25) is 4.90 Å². The molecule has 4 nitrogen and oxygen atoms in total. The maximum Gasteiger partial charge on any atom is 0.151 e. The molecule has 0 radical (unpaired) electrons. The molecule has 2 N–H and O–H groups in total. The lowest BCUT2D eigenvalue weighted by Gasteiger charge is -2.20. The molecule has 1 aromatic rings. The van der Waals surface area contributed by atoms with Crippen LogP contribution in [-0.4, -0.2) is 37.9 Å². The molecule has 1 fully saturated rings. The maximum absolute atomic E-state index is 13.3. The number of nitrogens with zero attached hydrogens (tertiary/aromatic N) is 1. The second-order valence-corrected chi connectivity index (χ2v) is 6.90. The highest BCUT2D eigenvalue weighted by molar-refractivity contribution is 7.91. The Bertz CT molecular complexity index is 531. The van der Waals surface area contributed by atoms with Crippen molar-refractivity contribution in [3.8, 4) is 0 Å². The molecule has 1 aliphatic rings. The van der Waals surface area contributed by atoms with E-state index in [4.69, 9.17) is 5.73 Å². The van der Waals surface area contributed by atoms with Crippen molar-refractivity contribution in [2.45, 2.75) is 13.0 Å². The van der Waals surface area contributed by atoms with Crippen LogP contribution in [0.1, 0.15) is 12.0 Å². The highest BCUT2D eigenvalue weighted by atomic mass is 32.2. The quantitative estimate of drug-likeness (QED) is 0.817. The number of hydrogen-bond donors (Lipinski definition) is 1. The number of para-hydroxylation sites is 1. The number of rotatable bonds is 2. The average Bonchev–Trinajstić information content (AvgIpc) is 2.47. The van der Waals surface area contributed by atoms with Gasteiger partial charge in [-0.1, -0.05) is 12.1 Å². The summed E-state index contributed by atoms with van der Waals surface area (Å²) in [6.45, 7) is 1.69. The van der Waals surface area contributed by atoms with E-state index in [0.717, 1.165) is 0 Å². The van der Waals surface area contributed by atoms with Crippen molar-refractivity contribution < 1.29 is 12.8 Å². The first-order valence-electron chi connectivity index (χ1n) is 5.93. The molecule has 1 aromatic carbocycles. The van der Waals surface area contributed by atoms with Gasteiger partial charge in [-0.2, -0.15) is 0 Å². The number of halogens is 1. The highest BCUT2D eigenvalue weighted by Crippen LogP contribution is 2.18. The number of anilines is 1.